The van der Waals surface area contributed by atoms with Gasteiger partial charge in [0, 0.05) is 19.6 Å². The minimum Gasteiger partial charge on any atom is -0.357 e. The Morgan fingerprint density at radius 3 is 2.60 bits per heavy atom. The van der Waals surface area contributed by atoms with E-state index in [1.165, 1.54) is 12.8 Å². The number of rotatable bonds is 8. The van der Waals surface area contributed by atoms with Gasteiger partial charge in [0.25, 0.3) is 0 Å². The maximum absolute atomic E-state index is 4.58. The van der Waals surface area contributed by atoms with Crippen LogP contribution in [0.4, 0.5) is 0 Å². The number of hydrogen-bond acceptors (Lipinski definition) is 3. The average molecular weight is 280 g/mol. The summed E-state index contributed by atoms with van der Waals surface area (Å²) in [6.07, 6.45) is 4.12. The topological polar surface area (TPSA) is 67.1 Å². The van der Waals surface area contributed by atoms with Gasteiger partial charge < -0.3 is 15.2 Å². The SMILES string of the molecule is CCNC(=NCc1nncn1CC)NCC(CC)CC. The molecule has 114 valence electrons. The molecule has 0 saturated carbocycles. The number of nitrogens with zero attached hydrogens (tertiary/aromatic N) is 4. The molecular weight excluding hydrogens is 252 g/mol. The van der Waals surface area contributed by atoms with E-state index in [9.17, 15) is 0 Å². The maximum atomic E-state index is 4.58. The Balaban J connectivity index is 2.58. The summed E-state index contributed by atoms with van der Waals surface area (Å²) >= 11 is 0. The third-order valence-corrected chi connectivity index (χ3v) is 3.47. The van der Waals surface area contributed by atoms with E-state index in [4.69, 9.17) is 0 Å². The molecule has 0 aromatic carbocycles. The molecule has 2 N–H and O–H groups in total. The molecule has 0 aliphatic heterocycles. The zero-order valence-corrected chi connectivity index (χ0v) is 13.2. The number of aryl methyl sites for hydroxylation is 1. The van der Waals surface area contributed by atoms with Crippen LogP contribution in [0, 0.1) is 5.92 Å². The lowest BCUT2D eigenvalue weighted by molar-refractivity contribution is 0.481. The standard InChI is InChI=1S/C14H28N6/c1-5-12(6-2)9-16-14(15-7-3)17-10-13-19-18-11-20(13)8-4/h11-12H,5-10H2,1-4H3,(H2,15,16,17). The van der Waals surface area contributed by atoms with E-state index >= 15 is 0 Å². The lowest BCUT2D eigenvalue weighted by atomic mass is 10.0. The number of hydrogen-bond donors (Lipinski definition) is 2. The van der Waals surface area contributed by atoms with Gasteiger partial charge in [0.15, 0.2) is 11.8 Å². The smallest absolute Gasteiger partial charge is 0.191 e. The van der Waals surface area contributed by atoms with Crippen molar-refractivity contribution < 1.29 is 0 Å². The molecule has 0 amide bonds. The molecule has 20 heavy (non-hydrogen) atoms. The molecule has 0 saturated heterocycles. The van der Waals surface area contributed by atoms with Gasteiger partial charge in [-0.25, -0.2) is 4.99 Å². The lowest BCUT2D eigenvalue weighted by Crippen LogP contribution is -2.39. The van der Waals surface area contributed by atoms with Gasteiger partial charge in [-0.15, -0.1) is 10.2 Å². The van der Waals surface area contributed by atoms with Crippen molar-refractivity contribution in [2.24, 2.45) is 10.9 Å². The summed E-state index contributed by atoms with van der Waals surface area (Å²) in [6, 6.07) is 0. The zero-order chi connectivity index (χ0) is 14.8. The first-order valence-electron chi connectivity index (χ1n) is 7.63. The minimum atomic E-state index is 0.548. The maximum Gasteiger partial charge on any atom is 0.191 e. The Bertz CT molecular complexity index is 394. The molecule has 1 heterocycles. The largest absolute Gasteiger partial charge is 0.357 e. The van der Waals surface area contributed by atoms with Crippen molar-refractivity contribution in [1.82, 2.24) is 25.4 Å². The summed E-state index contributed by atoms with van der Waals surface area (Å²) in [4.78, 5) is 4.58. The Kier molecular flexibility index (Phi) is 7.69. The van der Waals surface area contributed by atoms with E-state index in [1.807, 2.05) is 4.57 Å². The third kappa shape index (κ3) is 5.19. The first-order valence-corrected chi connectivity index (χ1v) is 7.63. The van der Waals surface area contributed by atoms with Gasteiger partial charge >= 0.3 is 0 Å². The van der Waals surface area contributed by atoms with Crippen molar-refractivity contribution in [3.8, 4) is 0 Å². The Morgan fingerprint density at radius 1 is 1.25 bits per heavy atom. The van der Waals surface area contributed by atoms with Gasteiger partial charge in [0.05, 0.1) is 0 Å². The van der Waals surface area contributed by atoms with Gasteiger partial charge in [-0.1, -0.05) is 26.7 Å². The summed E-state index contributed by atoms with van der Waals surface area (Å²) in [7, 11) is 0. The van der Waals surface area contributed by atoms with E-state index < -0.39 is 0 Å². The van der Waals surface area contributed by atoms with Gasteiger partial charge in [0.1, 0.15) is 12.9 Å². The summed E-state index contributed by atoms with van der Waals surface area (Å²) < 4.78 is 2.01. The molecule has 0 aliphatic carbocycles. The van der Waals surface area contributed by atoms with E-state index in [0.29, 0.717) is 12.5 Å². The molecule has 6 heteroatoms. The molecule has 6 nitrogen and oxygen atoms in total. The van der Waals surface area contributed by atoms with E-state index in [-0.39, 0.29) is 0 Å². The lowest BCUT2D eigenvalue weighted by Gasteiger charge is -2.16. The van der Waals surface area contributed by atoms with E-state index in [2.05, 4.69) is 53.5 Å². The predicted octanol–water partition coefficient (Wildman–Crippen LogP) is 1.79. The van der Waals surface area contributed by atoms with Crippen LogP contribution in [0.5, 0.6) is 0 Å². The molecule has 0 spiro atoms. The molecule has 0 aliphatic rings. The number of guanidine groups is 1. The number of aromatic nitrogens is 3. The van der Waals surface area contributed by atoms with Crippen LogP contribution in [0.1, 0.15) is 46.4 Å². The van der Waals surface area contributed by atoms with Crippen LogP contribution in [0.2, 0.25) is 0 Å². The first kappa shape index (κ1) is 16.5. The summed E-state index contributed by atoms with van der Waals surface area (Å²) in [5, 5.41) is 14.7. The molecule has 0 bridgehead atoms. The van der Waals surface area contributed by atoms with Crippen molar-refractivity contribution in [3.63, 3.8) is 0 Å². The van der Waals surface area contributed by atoms with Crippen molar-refractivity contribution in [1.29, 1.82) is 0 Å². The van der Waals surface area contributed by atoms with Crippen LogP contribution in [-0.4, -0.2) is 33.8 Å². The van der Waals surface area contributed by atoms with Gasteiger partial charge in [-0.05, 0) is 19.8 Å². The van der Waals surface area contributed by atoms with Crippen LogP contribution in [0.15, 0.2) is 11.3 Å². The minimum absolute atomic E-state index is 0.548. The Labute approximate surface area is 122 Å². The summed E-state index contributed by atoms with van der Waals surface area (Å²) in [5.74, 6) is 2.44. The second-order valence-electron chi connectivity index (χ2n) is 4.79. The zero-order valence-electron chi connectivity index (χ0n) is 13.2. The molecule has 1 aromatic rings. The van der Waals surface area contributed by atoms with Crippen molar-refractivity contribution >= 4 is 5.96 Å². The fourth-order valence-corrected chi connectivity index (χ4v) is 1.98. The van der Waals surface area contributed by atoms with E-state index in [0.717, 1.165) is 31.4 Å². The highest BCUT2D eigenvalue weighted by molar-refractivity contribution is 5.79. The molecular formula is C14H28N6. The normalized spacial score (nSPS) is 11.9. The van der Waals surface area contributed by atoms with Gasteiger partial charge in [0.2, 0.25) is 0 Å². The number of nitrogens with one attached hydrogen (secondary N) is 2. The second-order valence-corrected chi connectivity index (χ2v) is 4.79. The van der Waals surface area contributed by atoms with Gasteiger partial charge in [-0.3, -0.25) is 0 Å². The van der Waals surface area contributed by atoms with Crippen molar-refractivity contribution in [3.05, 3.63) is 12.2 Å². The van der Waals surface area contributed by atoms with Crippen LogP contribution in [0.25, 0.3) is 0 Å². The molecule has 0 radical (unpaired) electrons. The monoisotopic (exact) mass is 280 g/mol. The molecule has 0 atom stereocenters. The van der Waals surface area contributed by atoms with Crippen LogP contribution in [-0.2, 0) is 13.1 Å². The highest BCUT2D eigenvalue weighted by atomic mass is 15.3. The highest BCUT2D eigenvalue weighted by Crippen LogP contribution is 2.05. The highest BCUT2D eigenvalue weighted by Gasteiger charge is 2.06. The molecule has 0 unspecified atom stereocenters. The van der Waals surface area contributed by atoms with Crippen molar-refractivity contribution in [2.45, 2.75) is 53.6 Å². The molecule has 0 fully saturated rings. The summed E-state index contributed by atoms with van der Waals surface area (Å²) in [5.41, 5.74) is 0. The fourth-order valence-electron chi connectivity index (χ4n) is 1.98. The van der Waals surface area contributed by atoms with Gasteiger partial charge in [-0.2, -0.15) is 0 Å². The van der Waals surface area contributed by atoms with Crippen LogP contribution >= 0.6 is 0 Å². The predicted molar refractivity (Wildman–Crippen MR) is 82.6 cm³/mol. The van der Waals surface area contributed by atoms with Crippen LogP contribution in [0.3, 0.4) is 0 Å². The Morgan fingerprint density at radius 2 is 2.00 bits per heavy atom. The molecule has 1 rings (SSSR count). The Hall–Kier alpha value is -1.59. The van der Waals surface area contributed by atoms with Crippen LogP contribution < -0.4 is 10.6 Å². The quantitative estimate of drug-likeness (QED) is 0.563. The summed E-state index contributed by atoms with van der Waals surface area (Å²) in [6.45, 7) is 11.8. The second kappa shape index (κ2) is 9.34. The molecule has 1 aromatic heterocycles. The average Bonchev–Trinajstić information content (AvgIpc) is 2.93. The van der Waals surface area contributed by atoms with Crippen molar-refractivity contribution in [2.75, 3.05) is 13.1 Å². The fraction of sp³-hybridized carbons (Fsp3) is 0.786. The number of aliphatic imine (C=N–C) groups is 1. The first-order chi connectivity index (χ1) is 9.74. The van der Waals surface area contributed by atoms with E-state index in [1.54, 1.807) is 6.33 Å². The third-order valence-electron chi connectivity index (χ3n) is 3.47.